The average molecular weight is 144 g/mol. The fourth-order valence-electron chi connectivity index (χ4n) is 0.500. The molecule has 64 valence electrons. The standard InChI is InChI=1S/C6H14.C2H6.C2H4/c1-3-5-6-4-2;2*1-2/h3-6H2,1-2H3;1-2H3;1-2H2. The van der Waals surface area contributed by atoms with Gasteiger partial charge in [-0.15, -0.1) is 13.2 Å². The Morgan fingerprint density at radius 1 is 0.800 bits per heavy atom. The van der Waals surface area contributed by atoms with Crippen LogP contribution in [0.4, 0.5) is 0 Å². The van der Waals surface area contributed by atoms with Gasteiger partial charge in [0, 0.05) is 0 Å². The molecule has 0 bridgehead atoms. The van der Waals surface area contributed by atoms with E-state index in [9.17, 15) is 0 Å². The third kappa shape index (κ3) is 46.8. The Balaban J connectivity index is -0.000000105. The molecule has 0 aliphatic carbocycles. The Labute approximate surface area is 67.3 Å². The first kappa shape index (κ1) is 16.4. The van der Waals surface area contributed by atoms with E-state index < -0.39 is 0 Å². The quantitative estimate of drug-likeness (QED) is 0.406. The summed E-state index contributed by atoms with van der Waals surface area (Å²) in [6, 6.07) is 0. The van der Waals surface area contributed by atoms with E-state index in [-0.39, 0.29) is 0 Å². The summed E-state index contributed by atoms with van der Waals surface area (Å²) in [5, 5.41) is 0. The van der Waals surface area contributed by atoms with Gasteiger partial charge in [0.1, 0.15) is 0 Å². The first-order valence-electron chi connectivity index (χ1n) is 4.41. The van der Waals surface area contributed by atoms with Crippen molar-refractivity contribution in [1.29, 1.82) is 0 Å². The van der Waals surface area contributed by atoms with Crippen LogP contribution in [0.1, 0.15) is 53.4 Å². The van der Waals surface area contributed by atoms with Crippen molar-refractivity contribution in [2.45, 2.75) is 53.4 Å². The largest absolute Gasteiger partial charge is 0.106 e. The molecule has 0 rings (SSSR count). The molecule has 0 radical (unpaired) electrons. The summed E-state index contributed by atoms with van der Waals surface area (Å²) < 4.78 is 0. The van der Waals surface area contributed by atoms with Crippen LogP contribution >= 0.6 is 0 Å². The van der Waals surface area contributed by atoms with E-state index in [0.29, 0.717) is 0 Å². The van der Waals surface area contributed by atoms with Gasteiger partial charge in [0.15, 0.2) is 0 Å². The summed E-state index contributed by atoms with van der Waals surface area (Å²) >= 11 is 0. The van der Waals surface area contributed by atoms with Crippen molar-refractivity contribution in [2.24, 2.45) is 0 Å². The lowest BCUT2D eigenvalue weighted by Gasteiger charge is -1.86. The van der Waals surface area contributed by atoms with Crippen LogP contribution < -0.4 is 0 Å². The summed E-state index contributed by atoms with van der Waals surface area (Å²) in [4.78, 5) is 0. The zero-order chi connectivity index (χ0) is 8.83. The second-order valence-electron chi connectivity index (χ2n) is 1.71. The summed E-state index contributed by atoms with van der Waals surface area (Å²) in [7, 11) is 0. The number of hydrogen-bond donors (Lipinski definition) is 0. The maximum Gasteiger partial charge on any atom is -0.0536 e. The van der Waals surface area contributed by atoms with Gasteiger partial charge in [-0.3, -0.25) is 0 Å². The number of hydrogen-bond acceptors (Lipinski definition) is 0. The molecule has 0 saturated heterocycles. The van der Waals surface area contributed by atoms with Gasteiger partial charge < -0.3 is 0 Å². The third-order valence-electron chi connectivity index (χ3n) is 0.957. The fourth-order valence-corrected chi connectivity index (χ4v) is 0.500. The molecule has 0 aromatic rings. The van der Waals surface area contributed by atoms with E-state index in [4.69, 9.17) is 0 Å². The molecular weight excluding hydrogens is 120 g/mol. The maximum absolute atomic E-state index is 3.00. The molecule has 0 aromatic heterocycles. The van der Waals surface area contributed by atoms with Crippen molar-refractivity contribution in [3.05, 3.63) is 13.2 Å². The minimum Gasteiger partial charge on any atom is -0.106 e. The van der Waals surface area contributed by atoms with Crippen LogP contribution in [0.15, 0.2) is 13.2 Å². The van der Waals surface area contributed by atoms with Gasteiger partial charge in [-0.2, -0.15) is 0 Å². The molecule has 0 aliphatic heterocycles. The topological polar surface area (TPSA) is 0 Å². The number of unbranched alkanes of at least 4 members (excludes halogenated alkanes) is 3. The zero-order valence-electron chi connectivity index (χ0n) is 8.24. The van der Waals surface area contributed by atoms with Crippen LogP contribution in [0.3, 0.4) is 0 Å². The van der Waals surface area contributed by atoms with E-state index >= 15 is 0 Å². The highest BCUT2D eigenvalue weighted by Crippen LogP contribution is 1.95. The molecule has 0 spiro atoms. The molecule has 0 atom stereocenters. The maximum atomic E-state index is 3.00. The van der Waals surface area contributed by atoms with E-state index in [1.807, 2.05) is 13.8 Å². The highest BCUT2D eigenvalue weighted by molar-refractivity contribution is 4.31. The fraction of sp³-hybridized carbons (Fsp3) is 0.800. The summed E-state index contributed by atoms with van der Waals surface area (Å²) in [5.74, 6) is 0. The van der Waals surface area contributed by atoms with E-state index in [1.165, 1.54) is 25.7 Å². The van der Waals surface area contributed by atoms with Crippen LogP contribution in [0, 0.1) is 0 Å². The van der Waals surface area contributed by atoms with E-state index in [2.05, 4.69) is 27.0 Å². The van der Waals surface area contributed by atoms with Crippen molar-refractivity contribution < 1.29 is 0 Å². The monoisotopic (exact) mass is 144 g/mol. The molecule has 0 heterocycles. The highest BCUT2D eigenvalue weighted by atomic mass is 13.8. The minimum atomic E-state index is 1.36. The second kappa shape index (κ2) is 37.4. The minimum absolute atomic E-state index is 1.36. The lowest BCUT2D eigenvalue weighted by atomic mass is 10.2. The van der Waals surface area contributed by atoms with Crippen LogP contribution in [-0.2, 0) is 0 Å². The van der Waals surface area contributed by atoms with Crippen molar-refractivity contribution in [3.8, 4) is 0 Å². The Morgan fingerprint density at radius 2 is 1.00 bits per heavy atom. The first-order valence-corrected chi connectivity index (χ1v) is 4.41. The predicted octanol–water partition coefficient (Wildman–Crippen LogP) is 4.42. The molecule has 10 heavy (non-hydrogen) atoms. The molecular formula is C10H24. The molecule has 0 unspecified atom stereocenters. The van der Waals surface area contributed by atoms with Crippen molar-refractivity contribution in [1.82, 2.24) is 0 Å². The van der Waals surface area contributed by atoms with Crippen LogP contribution in [0.5, 0.6) is 0 Å². The molecule has 0 fully saturated rings. The summed E-state index contributed by atoms with van der Waals surface area (Å²) in [6.07, 6.45) is 5.54. The Kier molecular flexibility index (Phi) is 61.3. The molecule has 0 saturated carbocycles. The Bertz CT molecular complexity index is 19.2. The van der Waals surface area contributed by atoms with E-state index in [1.54, 1.807) is 0 Å². The van der Waals surface area contributed by atoms with Gasteiger partial charge in [-0.05, 0) is 0 Å². The molecule has 0 heteroatoms. The van der Waals surface area contributed by atoms with Gasteiger partial charge in [0.2, 0.25) is 0 Å². The molecule has 0 N–H and O–H groups in total. The smallest absolute Gasteiger partial charge is 0.0536 e. The van der Waals surface area contributed by atoms with Gasteiger partial charge in [-0.1, -0.05) is 53.4 Å². The number of rotatable bonds is 3. The first-order chi connectivity index (χ1) is 4.91. The van der Waals surface area contributed by atoms with E-state index in [0.717, 1.165) is 0 Å². The van der Waals surface area contributed by atoms with Crippen molar-refractivity contribution >= 4 is 0 Å². The normalized spacial score (nSPS) is 6.40. The second-order valence-corrected chi connectivity index (χ2v) is 1.71. The Morgan fingerprint density at radius 3 is 1.10 bits per heavy atom. The molecule has 0 nitrogen and oxygen atoms in total. The Hall–Kier alpha value is -0.260. The molecule has 0 amide bonds. The predicted molar refractivity (Wildman–Crippen MR) is 52.4 cm³/mol. The summed E-state index contributed by atoms with van der Waals surface area (Å²) in [6.45, 7) is 14.5. The molecule has 0 aromatic carbocycles. The van der Waals surface area contributed by atoms with Crippen LogP contribution in [-0.4, -0.2) is 0 Å². The lowest BCUT2D eigenvalue weighted by molar-refractivity contribution is 0.702. The lowest BCUT2D eigenvalue weighted by Crippen LogP contribution is -1.66. The average Bonchev–Trinajstić information content (AvgIpc) is 2.08. The SMILES string of the molecule is C=C.CC.CCCCCC. The van der Waals surface area contributed by atoms with Crippen molar-refractivity contribution in [3.63, 3.8) is 0 Å². The van der Waals surface area contributed by atoms with Crippen LogP contribution in [0.2, 0.25) is 0 Å². The van der Waals surface area contributed by atoms with Crippen LogP contribution in [0.25, 0.3) is 0 Å². The van der Waals surface area contributed by atoms with Gasteiger partial charge >= 0.3 is 0 Å². The third-order valence-corrected chi connectivity index (χ3v) is 0.957. The van der Waals surface area contributed by atoms with Gasteiger partial charge in [-0.25, -0.2) is 0 Å². The molecule has 0 aliphatic rings. The zero-order valence-corrected chi connectivity index (χ0v) is 8.24. The van der Waals surface area contributed by atoms with Gasteiger partial charge in [0.05, 0.1) is 0 Å². The van der Waals surface area contributed by atoms with Gasteiger partial charge in [0.25, 0.3) is 0 Å². The summed E-state index contributed by atoms with van der Waals surface area (Å²) in [5.41, 5.74) is 0. The highest BCUT2D eigenvalue weighted by Gasteiger charge is 1.75. The van der Waals surface area contributed by atoms with Crippen molar-refractivity contribution in [2.75, 3.05) is 0 Å².